The summed E-state index contributed by atoms with van der Waals surface area (Å²) >= 11 is 0. The minimum absolute atomic E-state index is 0.315. The molecule has 0 aliphatic rings. The van der Waals surface area contributed by atoms with Gasteiger partial charge in [0, 0.05) is 6.54 Å². The van der Waals surface area contributed by atoms with Crippen LogP contribution < -0.4 is 39.4 Å². The van der Waals surface area contributed by atoms with Gasteiger partial charge in [-0.1, -0.05) is 32.0 Å². The van der Waals surface area contributed by atoms with Gasteiger partial charge in [-0.3, -0.25) is 4.90 Å². The molecule has 0 aliphatic carbocycles. The van der Waals surface area contributed by atoms with Crippen LogP contribution in [0.25, 0.3) is 0 Å². The van der Waals surface area contributed by atoms with Crippen molar-refractivity contribution in [1.82, 2.24) is 5.43 Å². The Morgan fingerprint density at radius 2 is 1.47 bits per heavy atom. The molecule has 0 heterocycles. The Hall–Kier alpha value is -4.44. The molecule has 0 bridgehead atoms. The predicted molar refractivity (Wildman–Crippen MR) is 168 cm³/mol. The lowest BCUT2D eigenvalue weighted by atomic mass is 10.0. The molecule has 0 saturated heterocycles. The SMILES string of the molecule is CCN(C(=O)Oc1cc(CCc2cc(OC)c(OC)c(OC)c2)ccc1OC)c1ccccc1NN[C@@H](C=O)CC(C)C. The van der Waals surface area contributed by atoms with Crippen LogP contribution in [0.4, 0.5) is 16.2 Å². The maximum Gasteiger partial charge on any atom is 0.419 e. The van der Waals surface area contributed by atoms with Gasteiger partial charge in [-0.05, 0) is 79.6 Å². The number of methoxy groups -OCH3 is 4. The van der Waals surface area contributed by atoms with E-state index >= 15 is 0 Å². The van der Waals surface area contributed by atoms with Gasteiger partial charge in [-0.2, -0.15) is 0 Å². The summed E-state index contributed by atoms with van der Waals surface area (Å²) < 4.78 is 27.8. The average Bonchev–Trinajstić information content (AvgIpc) is 3.02. The number of carbonyl (C=O) groups is 2. The average molecular weight is 594 g/mol. The topological polar surface area (TPSA) is 108 Å². The van der Waals surface area contributed by atoms with Crippen LogP contribution in [0.1, 0.15) is 38.3 Å². The number of hydrogen-bond donors (Lipinski definition) is 2. The summed E-state index contributed by atoms with van der Waals surface area (Å²) in [7, 11) is 6.28. The van der Waals surface area contributed by atoms with Crippen LogP contribution in [0.2, 0.25) is 0 Å². The normalized spacial score (nSPS) is 11.4. The molecule has 0 spiro atoms. The molecule has 10 nitrogen and oxygen atoms in total. The summed E-state index contributed by atoms with van der Waals surface area (Å²) in [4.78, 5) is 26.6. The quantitative estimate of drug-likeness (QED) is 0.151. The second-order valence-corrected chi connectivity index (χ2v) is 10.3. The van der Waals surface area contributed by atoms with E-state index in [4.69, 9.17) is 23.7 Å². The first kappa shape index (κ1) is 33.1. The van der Waals surface area contributed by atoms with E-state index in [0.29, 0.717) is 71.8 Å². The van der Waals surface area contributed by atoms with Crippen molar-refractivity contribution in [2.75, 3.05) is 45.3 Å². The van der Waals surface area contributed by atoms with Gasteiger partial charge in [0.1, 0.15) is 6.29 Å². The fourth-order valence-electron chi connectivity index (χ4n) is 4.71. The third-order valence-electron chi connectivity index (χ3n) is 6.87. The summed E-state index contributed by atoms with van der Waals surface area (Å²) in [6.45, 7) is 6.32. The number of rotatable bonds is 16. The van der Waals surface area contributed by atoms with Crippen molar-refractivity contribution in [2.24, 2.45) is 5.92 Å². The highest BCUT2D eigenvalue weighted by molar-refractivity contribution is 5.93. The highest BCUT2D eigenvalue weighted by atomic mass is 16.6. The highest BCUT2D eigenvalue weighted by Gasteiger charge is 2.22. The Bertz CT molecular complexity index is 1340. The molecule has 0 aliphatic heterocycles. The highest BCUT2D eigenvalue weighted by Crippen LogP contribution is 2.39. The molecular weight excluding hydrogens is 550 g/mol. The lowest BCUT2D eigenvalue weighted by Crippen LogP contribution is -2.38. The Labute approximate surface area is 254 Å². The molecule has 10 heteroatoms. The molecule has 3 aromatic rings. The lowest BCUT2D eigenvalue weighted by Gasteiger charge is -2.25. The molecule has 0 fully saturated rings. The third kappa shape index (κ3) is 8.78. The number of carbonyl (C=O) groups excluding carboxylic acids is 2. The van der Waals surface area contributed by atoms with Gasteiger partial charge in [0.15, 0.2) is 23.0 Å². The Balaban J connectivity index is 1.78. The van der Waals surface area contributed by atoms with Gasteiger partial charge in [-0.25, -0.2) is 10.2 Å². The summed E-state index contributed by atoms with van der Waals surface area (Å²) in [6, 6.07) is 16.4. The molecule has 2 N–H and O–H groups in total. The van der Waals surface area contributed by atoms with Crippen molar-refractivity contribution < 1.29 is 33.3 Å². The smallest absolute Gasteiger partial charge is 0.419 e. The summed E-state index contributed by atoms with van der Waals surface area (Å²) in [5, 5.41) is 0. The van der Waals surface area contributed by atoms with E-state index in [1.54, 1.807) is 27.4 Å². The van der Waals surface area contributed by atoms with Crippen LogP contribution in [0.5, 0.6) is 28.7 Å². The van der Waals surface area contributed by atoms with Crippen molar-refractivity contribution in [3.8, 4) is 28.7 Å². The number of hydrazine groups is 1. The van der Waals surface area contributed by atoms with Crippen LogP contribution in [0.15, 0.2) is 54.6 Å². The zero-order chi connectivity index (χ0) is 31.4. The van der Waals surface area contributed by atoms with E-state index in [9.17, 15) is 9.59 Å². The van der Waals surface area contributed by atoms with E-state index in [-0.39, 0.29) is 6.04 Å². The first-order valence-electron chi connectivity index (χ1n) is 14.3. The van der Waals surface area contributed by atoms with Crippen molar-refractivity contribution >= 4 is 23.8 Å². The summed E-state index contributed by atoms with van der Waals surface area (Å²) in [6.07, 6.45) is 2.33. The molecule has 1 atom stereocenters. The number of benzene rings is 3. The minimum atomic E-state index is -0.564. The van der Waals surface area contributed by atoms with Crippen molar-refractivity contribution in [1.29, 1.82) is 0 Å². The van der Waals surface area contributed by atoms with Crippen LogP contribution in [-0.4, -0.2) is 53.4 Å². The van der Waals surface area contributed by atoms with Gasteiger partial charge in [0.25, 0.3) is 0 Å². The number of para-hydroxylation sites is 2. The predicted octanol–water partition coefficient (Wildman–Crippen LogP) is 6.06. The minimum Gasteiger partial charge on any atom is -0.493 e. The maximum atomic E-state index is 13.5. The number of aldehydes is 1. The Kier molecular flexibility index (Phi) is 12.5. The van der Waals surface area contributed by atoms with E-state index in [2.05, 4.69) is 24.7 Å². The van der Waals surface area contributed by atoms with Gasteiger partial charge in [0.05, 0.1) is 45.9 Å². The zero-order valence-corrected chi connectivity index (χ0v) is 26.1. The molecule has 3 rings (SSSR count). The molecular formula is C33H43N3O7. The number of amides is 1. The van der Waals surface area contributed by atoms with E-state index in [0.717, 1.165) is 17.4 Å². The number of nitrogens with zero attached hydrogens (tertiary/aromatic N) is 1. The lowest BCUT2D eigenvalue weighted by molar-refractivity contribution is -0.109. The summed E-state index contributed by atoms with van der Waals surface area (Å²) in [5.41, 5.74) is 9.38. The molecule has 0 radical (unpaired) electrons. The fraction of sp³-hybridized carbons (Fsp3) is 0.394. The molecule has 0 saturated carbocycles. The standard InChI is InChI=1S/C33H43N3O7/c1-8-36(27-12-10-9-11-26(27)35-34-25(21-37)17-22(2)3)33(38)43-29-18-23(15-16-28(29)39-4)13-14-24-19-30(40-5)32(42-7)31(20-24)41-6/h9-12,15-16,18-22,25,34-35H,8,13-14,17H2,1-7H3/t25-/m1/s1. The zero-order valence-electron chi connectivity index (χ0n) is 26.1. The van der Waals surface area contributed by atoms with Crippen LogP contribution in [0, 0.1) is 5.92 Å². The van der Waals surface area contributed by atoms with Crippen molar-refractivity contribution in [3.05, 3.63) is 65.7 Å². The van der Waals surface area contributed by atoms with Gasteiger partial charge in [0.2, 0.25) is 5.75 Å². The summed E-state index contributed by atoms with van der Waals surface area (Å²) in [5.74, 6) is 2.82. The number of aryl methyl sites for hydroxylation is 2. The largest absolute Gasteiger partial charge is 0.493 e. The first-order chi connectivity index (χ1) is 20.8. The third-order valence-corrected chi connectivity index (χ3v) is 6.87. The molecule has 1 amide bonds. The second-order valence-electron chi connectivity index (χ2n) is 10.3. The van der Waals surface area contributed by atoms with E-state index < -0.39 is 6.09 Å². The van der Waals surface area contributed by atoms with Gasteiger partial charge in [-0.15, -0.1) is 0 Å². The number of anilines is 2. The Morgan fingerprint density at radius 1 is 0.837 bits per heavy atom. The van der Waals surface area contributed by atoms with Gasteiger partial charge >= 0.3 is 6.09 Å². The number of hydrogen-bond acceptors (Lipinski definition) is 9. The van der Waals surface area contributed by atoms with Crippen LogP contribution >= 0.6 is 0 Å². The van der Waals surface area contributed by atoms with Gasteiger partial charge < -0.3 is 33.9 Å². The molecule has 43 heavy (non-hydrogen) atoms. The molecule has 0 aromatic heterocycles. The van der Waals surface area contributed by atoms with E-state index in [1.807, 2.05) is 55.5 Å². The van der Waals surface area contributed by atoms with Crippen LogP contribution in [0.3, 0.4) is 0 Å². The maximum absolute atomic E-state index is 13.5. The van der Waals surface area contributed by atoms with Crippen LogP contribution in [-0.2, 0) is 17.6 Å². The molecule has 232 valence electrons. The number of ether oxygens (including phenoxy) is 5. The van der Waals surface area contributed by atoms with E-state index in [1.165, 1.54) is 12.0 Å². The number of nitrogens with one attached hydrogen (secondary N) is 2. The second kappa shape index (κ2) is 16.3. The molecule has 3 aromatic carbocycles. The van der Waals surface area contributed by atoms with Crippen molar-refractivity contribution in [2.45, 2.75) is 46.1 Å². The van der Waals surface area contributed by atoms with Crippen molar-refractivity contribution in [3.63, 3.8) is 0 Å². The Morgan fingerprint density at radius 3 is 2.05 bits per heavy atom. The molecule has 0 unspecified atom stereocenters. The monoisotopic (exact) mass is 593 g/mol. The first-order valence-corrected chi connectivity index (χ1v) is 14.3. The fourth-order valence-corrected chi connectivity index (χ4v) is 4.71.